The fourth-order valence-electron chi connectivity index (χ4n) is 2.50. The molecule has 0 saturated heterocycles. The highest BCUT2D eigenvalue weighted by Gasteiger charge is 2.22. The van der Waals surface area contributed by atoms with Gasteiger partial charge in [-0.2, -0.15) is 5.10 Å². The standard InChI is InChI=1S/C17H22ClN3O/c1-5-14-16(17(22)19-11(3)4)15(6-2)21(20-14)13-9-7-8-12(18)10-13/h7-11H,5-6H2,1-4H3,(H,19,22). The van der Waals surface area contributed by atoms with Gasteiger partial charge in [0.1, 0.15) is 0 Å². The number of carbonyl (C=O) groups excluding carboxylic acids is 1. The summed E-state index contributed by atoms with van der Waals surface area (Å²) in [5.74, 6) is -0.0584. The second kappa shape index (κ2) is 6.97. The molecule has 0 aliphatic rings. The first-order chi connectivity index (χ1) is 10.5. The number of nitrogens with one attached hydrogen (secondary N) is 1. The lowest BCUT2D eigenvalue weighted by molar-refractivity contribution is 0.0941. The van der Waals surface area contributed by atoms with Crippen molar-refractivity contribution in [1.29, 1.82) is 0 Å². The Hall–Kier alpha value is -1.81. The lowest BCUT2D eigenvalue weighted by Gasteiger charge is -2.11. The van der Waals surface area contributed by atoms with Crippen molar-refractivity contribution in [3.05, 3.63) is 46.2 Å². The van der Waals surface area contributed by atoms with E-state index in [9.17, 15) is 4.79 Å². The van der Waals surface area contributed by atoms with Crippen molar-refractivity contribution in [2.75, 3.05) is 0 Å². The number of aromatic nitrogens is 2. The minimum absolute atomic E-state index is 0.0584. The Morgan fingerprint density at radius 2 is 2.05 bits per heavy atom. The zero-order chi connectivity index (χ0) is 16.3. The number of amides is 1. The van der Waals surface area contributed by atoms with Gasteiger partial charge in [-0.05, 0) is 44.9 Å². The monoisotopic (exact) mass is 319 g/mol. The van der Waals surface area contributed by atoms with Crippen molar-refractivity contribution in [1.82, 2.24) is 15.1 Å². The maximum Gasteiger partial charge on any atom is 0.255 e. The third-order valence-corrected chi connectivity index (χ3v) is 3.66. The largest absolute Gasteiger partial charge is 0.350 e. The number of carbonyl (C=O) groups is 1. The Bertz CT molecular complexity index is 677. The summed E-state index contributed by atoms with van der Waals surface area (Å²) in [6.45, 7) is 7.95. The molecule has 1 heterocycles. The summed E-state index contributed by atoms with van der Waals surface area (Å²) in [4.78, 5) is 12.5. The van der Waals surface area contributed by atoms with Crippen molar-refractivity contribution in [2.24, 2.45) is 0 Å². The minimum Gasteiger partial charge on any atom is -0.350 e. The lowest BCUT2D eigenvalue weighted by atomic mass is 10.1. The van der Waals surface area contributed by atoms with Gasteiger partial charge in [-0.1, -0.05) is 31.5 Å². The number of nitrogens with zero attached hydrogens (tertiary/aromatic N) is 2. The van der Waals surface area contributed by atoms with E-state index >= 15 is 0 Å². The number of benzene rings is 1. The van der Waals surface area contributed by atoms with E-state index < -0.39 is 0 Å². The molecule has 1 aromatic heterocycles. The summed E-state index contributed by atoms with van der Waals surface area (Å²) in [6.07, 6.45) is 1.43. The first-order valence-corrected chi connectivity index (χ1v) is 8.03. The van der Waals surface area contributed by atoms with Crippen molar-refractivity contribution in [3.8, 4) is 5.69 Å². The Labute approximate surface area is 136 Å². The Kier molecular flexibility index (Phi) is 5.24. The maximum atomic E-state index is 12.5. The molecule has 22 heavy (non-hydrogen) atoms. The number of rotatable bonds is 5. The summed E-state index contributed by atoms with van der Waals surface area (Å²) in [5.41, 5.74) is 3.30. The van der Waals surface area contributed by atoms with Crippen LogP contribution in [0.4, 0.5) is 0 Å². The van der Waals surface area contributed by atoms with Crippen LogP contribution in [0.1, 0.15) is 49.4 Å². The average Bonchev–Trinajstić information content (AvgIpc) is 2.85. The predicted octanol–water partition coefficient (Wildman–Crippen LogP) is 3.79. The summed E-state index contributed by atoms with van der Waals surface area (Å²) in [6, 6.07) is 7.61. The van der Waals surface area contributed by atoms with Crippen molar-refractivity contribution >= 4 is 17.5 Å². The van der Waals surface area contributed by atoms with Gasteiger partial charge in [0.05, 0.1) is 22.6 Å². The van der Waals surface area contributed by atoms with Crippen molar-refractivity contribution in [2.45, 2.75) is 46.6 Å². The summed E-state index contributed by atoms with van der Waals surface area (Å²) < 4.78 is 1.83. The van der Waals surface area contributed by atoms with E-state index in [0.29, 0.717) is 17.0 Å². The molecule has 0 spiro atoms. The van der Waals surface area contributed by atoms with Crippen LogP contribution in [0, 0.1) is 0 Å². The van der Waals surface area contributed by atoms with E-state index in [-0.39, 0.29) is 11.9 Å². The van der Waals surface area contributed by atoms with Gasteiger partial charge >= 0.3 is 0 Å². The van der Waals surface area contributed by atoms with Gasteiger partial charge in [-0.3, -0.25) is 4.79 Å². The van der Waals surface area contributed by atoms with Gasteiger partial charge in [-0.15, -0.1) is 0 Å². The van der Waals surface area contributed by atoms with Crippen LogP contribution in [-0.4, -0.2) is 21.7 Å². The summed E-state index contributed by atoms with van der Waals surface area (Å²) in [7, 11) is 0. The molecule has 0 radical (unpaired) electrons. The fraction of sp³-hybridized carbons (Fsp3) is 0.412. The van der Waals surface area contributed by atoms with Crippen LogP contribution in [0.15, 0.2) is 24.3 Å². The van der Waals surface area contributed by atoms with E-state index in [0.717, 1.165) is 23.5 Å². The van der Waals surface area contributed by atoms with Crippen LogP contribution in [0.2, 0.25) is 5.02 Å². The van der Waals surface area contributed by atoms with Crippen LogP contribution in [-0.2, 0) is 12.8 Å². The first-order valence-electron chi connectivity index (χ1n) is 7.65. The van der Waals surface area contributed by atoms with E-state index in [1.807, 2.05) is 56.6 Å². The van der Waals surface area contributed by atoms with Crippen LogP contribution in [0.25, 0.3) is 5.69 Å². The fourth-order valence-corrected chi connectivity index (χ4v) is 2.68. The number of halogens is 1. The van der Waals surface area contributed by atoms with Gasteiger partial charge in [0.15, 0.2) is 0 Å². The molecule has 118 valence electrons. The first kappa shape index (κ1) is 16.6. The molecule has 0 atom stereocenters. The van der Waals surface area contributed by atoms with Crippen LogP contribution in [0.3, 0.4) is 0 Å². The molecule has 0 aliphatic carbocycles. The topological polar surface area (TPSA) is 46.9 Å². The number of aryl methyl sites for hydroxylation is 1. The molecule has 2 rings (SSSR count). The quantitative estimate of drug-likeness (QED) is 0.911. The maximum absolute atomic E-state index is 12.5. The summed E-state index contributed by atoms with van der Waals surface area (Å²) >= 11 is 6.08. The predicted molar refractivity (Wildman–Crippen MR) is 89.9 cm³/mol. The van der Waals surface area contributed by atoms with Crippen LogP contribution >= 0.6 is 11.6 Å². The minimum atomic E-state index is -0.0584. The second-order valence-electron chi connectivity index (χ2n) is 5.50. The molecular formula is C17H22ClN3O. The van der Waals surface area contributed by atoms with Crippen molar-refractivity contribution in [3.63, 3.8) is 0 Å². The molecule has 0 aliphatic heterocycles. The van der Waals surface area contributed by atoms with Gasteiger partial charge < -0.3 is 5.32 Å². The van der Waals surface area contributed by atoms with Crippen LogP contribution in [0.5, 0.6) is 0 Å². The number of hydrogen-bond acceptors (Lipinski definition) is 2. The van der Waals surface area contributed by atoms with E-state index in [2.05, 4.69) is 10.4 Å². The Balaban J connectivity index is 2.57. The normalized spacial score (nSPS) is 11.0. The Morgan fingerprint density at radius 1 is 1.32 bits per heavy atom. The van der Waals surface area contributed by atoms with Gasteiger partial charge in [0.2, 0.25) is 0 Å². The van der Waals surface area contributed by atoms with E-state index in [1.165, 1.54) is 0 Å². The van der Waals surface area contributed by atoms with Gasteiger partial charge in [0, 0.05) is 11.1 Å². The van der Waals surface area contributed by atoms with Gasteiger partial charge in [0.25, 0.3) is 5.91 Å². The molecule has 0 fully saturated rings. The highest BCUT2D eigenvalue weighted by atomic mass is 35.5. The molecule has 4 nitrogen and oxygen atoms in total. The van der Waals surface area contributed by atoms with Gasteiger partial charge in [-0.25, -0.2) is 4.68 Å². The zero-order valence-electron chi connectivity index (χ0n) is 13.5. The van der Waals surface area contributed by atoms with E-state index in [1.54, 1.807) is 0 Å². The lowest BCUT2D eigenvalue weighted by Crippen LogP contribution is -2.31. The molecule has 0 bridgehead atoms. The third-order valence-electron chi connectivity index (χ3n) is 3.42. The third kappa shape index (κ3) is 3.33. The molecular weight excluding hydrogens is 298 g/mol. The second-order valence-corrected chi connectivity index (χ2v) is 5.93. The zero-order valence-corrected chi connectivity index (χ0v) is 14.2. The molecule has 2 aromatic rings. The van der Waals surface area contributed by atoms with Crippen molar-refractivity contribution < 1.29 is 4.79 Å². The molecule has 1 aromatic carbocycles. The highest BCUT2D eigenvalue weighted by Crippen LogP contribution is 2.22. The smallest absolute Gasteiger partial charge is 0.255 e. The molecule has 0 saturated carbocycles. The molecule has 0 unspecified atom stereocenters. The SMILES string of the molecule is CCc1nn(-c2cccc(Cl)c2)c(CC)c1C(=O)NC(C)C. The average molecular weight is 320 g/mol. The number of hydrogen-bond donors (Lipinski definition) is 1. The Morgan fingerprint density at radius 3 is 2.59 bits per heavy atom. The molecule has 1 N–H and O–H groups in total. The highest BCUT2D eigenvalue weighted by molar-refractivity contribution is 6.30. The molecule has 5 heteroatoms. The van der Waals surface area contributed by atoms with Crippen LogP contribution < -0.4 is 5.32 Å². The molecule has 1 amide bonds. The summed E-state index contributed by atoms with van der Waals surface area (Å²) in [5, 5.41) is 8.26. The van der Waals surface area contributed by atoms with E-state index in [4.69, 9.17) is 11.6 Å².